The Hall–Kier alpha value is 0.00338. The molecule has 10 heteroatoms. The molecule has 2 N–H and O–H groups in total. The van der Waals surface area contributed by atoms with Crippen molar-refractivity contribution in [2.75, 3.05) is 14.1 Å². The van der Waals surface area contributed by atoms with Crippen molar-refractivity contribution in [2.45, 2.75) is 52.4 Å². The summed E-state index contributed by atoms with van der Waals surface area (Å²) in [5, 5.41) is 22.0. The van der Waals surface area contributed by atoms with Gasteiger partial charge in [-0.2, -0.15) is 0 Å². The van der Waals surface area contributed by atoms with E-state index in [4.69, 9.17) is 34.8 Å². The van der Waals surface area contributed by atoms with Crippen LogP contribution in [-0.2, 0) is 26.0 Å². The number of pyridine rings is 1. The van der Waals surface area contributed by atoms with Crippen LogP contribution in [0.3, 0.4) is 0 Å². The summed E-state index contributed by atoms with van der Waals surface area (Å²) >= 11 is 14.4. The summed E-state index contributed by atoms with van der Waals surface area (Å²) in [7, 11) is 3.86. The molecule has 0 aliphatic carbocycles. The third-order valence-electron chi connectivity index (χ3n) is 4.92. The molecule has 180 valence electrons. The largest absolute Gasteiger partial charge is 2.00 e. The predicted octanol–water partition coefficient (Wildman–Crippen LogP) is -3.18. The van der Waals surface area contributed by atoms with E-state index >= 15 is 0 Å². The molecule has 0 bridgehead atoms. The molecule has 0 aliphatic heterocycles. The van der Waals surface area contributed by atoms with Gasteiger partial charge in [-0.1, -0.05) is 34.8 Å². The van der Waals surface area contributed by atoms with Gasteiger partial charge in [-0.25, -0.2) is 4.98 Å². The Labute approximate surface area is 227 Å². The number of nitrogens with one attached hydrogen (secondary N) is 2. The minimum Gasteiger partial charge on any atom is -1.00 e. The third-order valence-corrected chi connectivity index (χ3v) is 4.92. The van der Waals surface area contributed by atoms with Crippen molar-refractivity contribution < 1.29 is 64.4 Å². The monoisotopic (exact) mass is 620 g/mol. The summed E-state index contributed by atoms with van der Waals surface area (Å²) < 4.78 is -0.750. The van der Waals surface area contributed by atoms with E-state index in [9.17, 15) is 10.2 Å². The van der Waals surface area contributed by atoms with E-state index in [1.54, 1.807) is 6.07 Å². The summed E-state index contributed by atoms with van der Waals surface area (Å²) in [6, 6.07) is 1.65. The molecule has 0 radical (unpaired) electrons. The number of aromatic nitrogens is 1. The minimum absolute atomic E-state index is 0. The van der Waals surface area contributed by atoms with E-state index in [1.165, 1.54) is 39.6 Å². The van der Waals surface area contributed by atoms with E-state index in [0.29, 0.717) is 12.1 Å². The Morgan fingerprint density at radius 2 is 1.10 bits per heavy atom. The maximum Gasteiger partial charge on any atom is 2.00 e. The maximum atomic E-state index is 11.1. The van der Waals surface area contributed by atoms with E-state index < -0.39 is 15.9 Å². The van der Waals surface area contributed by atoms with E-state index in [0.717, 1.165) is 4.90 Å². The SMILES string of the molecule is C[NH+](C)Cc1cc[nH+]c([O-])c1[O-].Cc1c(C)c(C)c(C)c(C)c1C.ClC(Cl)Cl.[Cl-].[Cl-].[Ru+2]. The van der Waals surface area contributed by atoms with Crippen LogP contribution in [0.5, 0.6) is 11.6 Å². The number of halogens is 5. The zero-order chi connectivity index (χ0) is 22.2. The fourth-order valence-corrected chi connectivity index (χ4v) is 2.71. The Balaban J connectivity index is -0.000000186. The third kappa shape index (κ3) is 13.3. The molecule has 0 fully saturated rings. The van der Waals surface area contributed by atoms with Crippen LogP contribution in [0.25, 0.3) is 0 Å². The summed E-state index contributed by atoms with van der Waals surface area (Å²) in [5.74, 6) is -0.951. The van der Waals surface area contributed by atoms with Gasteiger partial charge in [-0.05, 0) is 80.7 Å². The normalized spacial score (nSPS) is 9.32. The van der Waals surface area contributed by atoms with Crippen LogP contribution < -0.4 is 44.9 Å². The Morgan fingerprint density at radius 1 is 0.806 bits per heavy atom. The average molecular weight is 622 g/mol. The van der Waals surface area contributed by atoms with Gasteiger partial charge in [0.1, 0.15) is 12.4 Å². The Kier molecular flexibility index (Phi) is 22.8. The van der Waals surface area contributed by atoms with Gasteiger partial charge >= 0.3 is 19.5 Å². The number of benzene rings is 1. The molecule has 2 aromatic rings. The standard InChI is InChI=1S/C12H18.C8H12N2O2.CHCl3.2ClH.Ru/c1-7-8(2)10(4)12(6)11(5)9(7)3;1-10(2)5-6-3-4-9-8(12)7(6)11;2-1(3)4;;;/h1-6H3;3-4,11H,5H2,1-2H3,(H,9,12);1H;2*1H;/q;;;;;+2/p-2. The van der Waals surface area contributed by atoms with Crippen molar-refractivity contribution >= 4 is 34.8 Å². The first-order chi connectivity index (χ1) is 12.8. The van der Waals surface area contributed by atoms with Crippen LogP contribution in [0.1, 0.15) is 38.9 Å². The second kappa shape index (κ2) is 18.4. The first-order valence-corrected chi connectivity index (χ1v) is 10.2. The zero-order valence-electron chi connectivity index (χ0n) is 19.0. The number of hydrogen-bond acceptors (Lipinski definition) is 2. The molecule has 0 amide bonds. The van der Waals surface area contributed by atoms with Crippen LogP contribution in [0, 0.1) is 41.5 Å². The molecule has 0 saturated carbocycles. The summed E-state index contributed by atoms with van der Waals surface area (Å²) in [6.45, 7) is 13.9. The van der Waals surface area contributed by atoms with Crippen molar-refractivity contribution in [3.8, 4) is 11.6 Å². The van der Waals surface area contributed by atoms with Gasteiger partial charge in [0.15, 0.2) is 10.5 Å². The van der Waals surface area contributed by atoms with Crippen LogP contribution >= 0.6 is 34.8 Å². The topological polar surface area (TPSA) is 64.7 Å². The molecule has 0 saturated heterocycles. The molecule has 0 spiro atoms. The zero-order valence-corrected chi connectivity index (χ0v) is 24.5. The summed E-state index contributed by atoms with van der Waals surface area (Å²) in [4.78, 5) is 3.46. The first kappa shape index (κ1) is 38.3. The van der Waals surface area contributed by atoms with E-state index in [-0.39, 0.29) is 44.3 Å². The number of hydrogen-bond donors (Lipinski definition) is 1. The van der Waals surface area contributed by atoms with Gasteiger partial charge < -0.3 is 39.9 Å². The average Bonchev–Trinajstić information content (AvgIpc) is 2.60. The number of aromatic amines is 1. The molecule has 0 aliphatic rings. The van der Waals surface area contributed by atoms with Gasteiger partial charge in [0.05, 0.1) is 14.1 Å². The summed E-state index contributed by atoms with van der Waals surface area (Å²) in [5.41, 5.74) is 9.29. The second-order valence-corrected chi connectivity index (χ2v) is 9.02. The molecule has 4 nitrogen and oxygen atoms in total. The van der Waals surface area contributed by atoms with Gasteiger partial charge in [0, 0.05) is 11.6 Å². The molecule has 1 aromatic heterocycles. The number of alkyl halides is 3. The molecule has 1 aromatic carbocycles. The van der Waals surface area contributed by atoms with Crippen LogP contribution in [0.4, 0.5) is 0 Å². The van der Waals surface area contributed by atoms with Crippen molar-refractivity contribution in [2.24, 2.45) is 0 Å². The molecule has 2 rings (SSSR count). The van der Waals surface area contributed by atoms with Crippen molar-refractivity contribution in [1.29, 1.82) is 0 Å². The Morgan fingerprint density at radius 3 is 1.35 bits per heavy atom. The van der Waals surface area contributed by atoms with Gasteiger partial charge in [-0.15, -0.1) is 0 Å². The van der Waals surface area contributed by atoms with E-state index in [2.05, 4.69) is 46.5 Å². The van der Waals surface area contributed by atoms with Crippen molar-refractivity contribution in [3.63, 3.8) is 0 Å². The molecule has 31 heavy (non-hydrogen) atoms. The molecular weight excluding hydrogens is 591 g/mol. The van der Waals surface area contributed by atoms with Gasteiger partial charge in [0.25, 0.3) is 0 Å². The van der Waals surface area contributed by atoms with Crippen molar-refractivity contribution in [1.82, 2.24) is 0 Å². The maximum absolute atomic E-state index is 11.1. The van der Waals surface area contributed by atoms with Gasteiger partial charge in [-0.3, -0.25) is 0 Å². The quantitative estimate of drug-likeness (QED) is 0.284. The van der Waals surface area contributed by atoms with Crippen LogP contribution in [0.15, 0.2) is 12.3 Å². The molecule has 0 unspecified atom stereocenters. The number of H-pyrrole nitrogens is 1. The van der Waals surface area contributed by atoms with Gasteiger partial charge in [0.2, 0.25) is 0 Å². The molecule has 0 atom stereocenters. The van der Waals surface area contributed by atoms with E-state index in [1.807, 2.05) is 14.1 Å². The van der Waals surface area contributed by atoms with Crippen LogP contribution in [-0.4, -0.2) is 18.4 Å². The second-order valence-electron chi connectivity index (χ2n) is 7.04. The minimum atomic E-state index is -0.750. The first-order valence-electron chi connectivity index (χ1n) is 8.93. The number of rotatable bonds is 2. The fourth-order valence-electron chi connectivity index (χ4n) is 2.71. The summed E-state index contributed by atoms with van der Waals surface area (Å²) in [6.07, 6.45) is 1.50. The van der Waals surface area contributed by atoms with Crippen LogP contribution in [0.2, 0.25) is 0 Å². The molecule has 1 heterocycles. The van der Waals surface area contributed by atoms with Crippen molar-refractivity contribution in [3.05, 3.63) is 51.2 Å². The predicted molar refractivity (Wildman–Crippen MR) is 115 cm³/mol. The fraction of sp³-hybridized carbons (Fsp3) is 0.476. The number of quaternary nitrogens is 1. The Bertz CT molecular complexity index is 683. The molecular formula is C21H31Cl5N2O2Ru. The smallest absolute Gasteiger partial charge is 1.00 e.